The number of phenolic OH excluding ortho intramolecular Hbond substituents is 1. The van der Waals surface area contributed by atoms with Crippen molar-refractivity contribution in [2.45, 2.75) is 136 Å². The second-order valence-corrected chi connectivity index (χ2v) is 18.6. The van der Waals surface area contributed by atoms with E-state index < -0.39 is 42.0 Å². The van der Waals surface area contributed by atoms with Gasteiger partial charge in [-0.3, -0.25) is 29.5 Å². The first-order chi connectivity index (χ1) is 31.7. The minimum Gasteiger partial charge on any atom is -0.508 e. The molecule has 2 aliphatic rings. The molecule has 1 aromatic carbocycles. The number of amides is 5. The summed E-state index contributed by atoms with van der Waals surface area (Å²) < 4.78 is 22.1. The summed E-state index contributed by atoms with van der Waals surface area (Å²) in [5, 5.41) is 18.9. The summed E-state index contributed by atoms with van der Waals surface area (Å²) >= 11 is 1.32. The Morgan fingerprint density at radius 3 is 2.39 bits per heavy atom. The van der Waals surface area contributed by atoms with E-state index >= 15 is 0 Å². The monoisotopic (exact) mass is 945 g/mol. The number of fused-ring (bicyclic) bond motifs is 1. The third-order valence-corrected chi connectivity index (χ3v) is 13.2. The maximum absolute atomic E-state index is 14.7. The number of likely N-dealkylation sites (N-methyl/N-ethyl adjacent to an activating group) is 1. The molecule has 7 N–H and O–H groups in total. The first-order valence-corrected chi connectivity index (χ1v) is 24.7. The summed E-state index contributed by atoms with van der Waals surface area (Å²) in [5.41, 5.74) is 11.6. The van der Waals surface area contributed by atoms with Crippen molar-refractivity contribution in [1.29, 1.82) is 0 Å². The summed E-state index contributed by atoms with van der Waals surface area (Å²) in [5.74, 6) is -2.07. The van der Waals surface area contributed by atoms with Crippen LogP contribution in [-0.4, -0.2) is 140 Å². The van der Waals surface area contributed by atoms with Crippen LogP contribution in [0, 0.1) is 11.8 Å². The van der Waals surface area contributed by atoms with Crippen LogP contribution in [0.4, 0.5) is 4.79 Å². The van der Waals surface area contributed by atoms with Crippen molar-refractivity contribution < 1.29 is 48.0 Å². The normalized spacial score (nSPS) is 19.2. The van der Waals surface area contributed by atoms with E-state index in [0.717, 1.165) is 50.6 Å². The molecule has 7 atom stereocenters. The second-order valence-electron chi connectivity index (χ2n) is 17.7. The van der Waals surface area contributed by atoms with E-state index in [0.29, 0.717) is 62.9 Å². The number of likely N-dealkylation sites (tertiary alicyclic amines) is 1. The number of carbonyl (C=O) groups is 5. The lowest BCUT2D eigenvalue weighted by Gasteiger charge is -2.40. The van der Waals surface area contributed by atoms with E-state index in [1.807, 2.05) is 39.6 Å². The van der Waals surface area contributed by atoms with Gasteiger partial charge in [0.1, 0.15) is 35.2 Å². The van der Waals surface area contributed by atoms with Gasteiger partial charge in [-0.15, -0.1) is 11.3 Å². The molecule has 4 rings (SSSR count). The largest absolute Gasteiger partial charge is 0.508 e. The van der Waals surface area contributed by atoms with Crippen LogP contribution >= 0.6 is 11.3 Å². The highest BCUT2D eigenvalue weighted by molar-refractivity contribution is 7.09. The quantitative estimate of drug-likeness (QED) is 0.0561. The molecule has 0 bridgehead atoms. The van der Waals surface area contributed by atoms with Crippen LogP contribution in [0.15, 0.2) is 23.6 Å². The van der Waals surface area contributed by atoms with Crippen molar-refractivity contribution in [1.82, 2.24) is 36.3 Å². The van der Waals surface area contributed by atoms with Gasteiger partial charge in [-0.1, -0.05) is 60.5 Å². The first-order valence-electron chi connectivity index (χ1n) is 23.8. The van der Waals surface area contributed by atoms with Gasteiger partial charge in [0.15, 0.2) is 0 Å². The molecule has 1 aromatic heterocycles. The summed E-state index contributed by atoms with van der Waals surface area (Å²) in [6, 6.07) is 3.08. The molecule has 2 heterocycles. The molecule has 2 aromatic rings. The van der Waals surface area contributed by atoms with E-state index in [4.69, 9.17) is 29.7 Å². The van der Waals surface area contributed by atoms with E-state index in [2.05, 4.69) is 40.2 Å². The molecule has 0 radical (unpaired) electrons. The molecule has 66 heavy (non-hydrogen) atoms. The zero-order chi connectivity index (χ0) is 48.2. The summed E-state index contributed by atoms with van der Waals surface area (Å²) in [7, 11) is 1.97. The predicted molar refractivity (Wildman–Crippen MR) is 252 cm³/mol. The Bertz CT molecular complexity index is 1850. The SMILES string of the molecule is CCCO[C@H](C[C@H](C(C)C)N(CCC)C(=O)[C@@H](NC(=O)[C@H]1CCCCN1C)[C@@H](C)CC)c1nc(C(=O)NC2Cc3ccc(O)cc3[C@H](C(=O)NNC(=O)OCCOCCOCCN)C2)cs1. The maximum atomic E-state index is 14.7. The molecule has 5 amide bonds. The average molecular weight is 945 g/mol. The Balaban J connectivity index is 1.45. The second kappa shape index (κ2) is 28.1. The molecule has 19 heteroatoms. The van der Waals surface area contributed by atoms with Gasteiger partial charge in [0, 0.05) is 43.6 Å². The van der Waals surface area contributed by atoms with Gasteiger partial charge in [0.25, 0.3) is 5.91 Å². The number of piperidine rings is 1. The third-order valence-electron chi connectivity index (χ3n) is 12.3. The highest BCUT2D eigenvalue weighted by atomic mass is 32.1. The Kier molecular flexibility index (Phi) is 23.0. The lowest BCUT2D eigenvalue weighted by molar-refractivity contribution is -0.143. The number of phenols is 1. The van der Waals surface area contributed by atoms with Crippen molar-refractivity contribution in [2.24, 2.45) is 17.6 Å². The number of nitrogens with two attached hydrogens (primary N) is 1. The molecule has 1 unspecified atom stereocenters. The van der Waals surface area contributed by atoms with E-state index in [-0.39, 0.29) is 66.8 Å². The number of benzene rings is 1. The zero-order valence-electron chi connectivity index (χ0n) is 40.1. The van der Waals surface area contributed by atoms with Gasteiger partial charge < -0.3 is 45.3 Å². The van der Waals surface area contributed by atoms with Crippen LogP contribution in [0.2, 0.25) is 0 Å². The van der Waals surface area contributed by atoms with Gasteiger partial charge in [0.2, 0.25) is 17.7 Å². The number of ether oxygens (including phenoxy) is 4. The van der Waals surface area contributed by atoms with Gasteiger partial charge in [-0.05, 0) is 87.2 Å². The van der Waals surface area contributed by atoms with Gasteiger partial charge >= 0.3 is 6.09 Å². The van der Waals surface area contributed by atoms with E-state index in [1.54, 1.807) is 11.4 Å². The van der Waals surface area contributed by atoms with Crippen molar-refractivity contribution >= 4 is 41.1 Å². The van der Waals surface area contributed by atoms with Gasteiger partial charge in [-0.25, -0.2) is 15.2 Å². The third kappa shape index (κ3) is 16.1. The highest BCUT2D eigenvalue weighted by Crippen LogP contribution is 2.35. The molecule has 18 nitrogen and oxygen atoms in total. The van der Waals surface area contributed by atoms with E-state index in [9.17, 15) is 29.1 Å². The minimum absolute atomic E-state index is 0.0173. The van der Waals surface area contributed by atoms with E-state index in [1.165, 1.54) is 23.5 Å². The summed E-state index contributed by atoms with van der Waals surface area (Å²) in [6.07, 6.45) is 4.61. The van der Waals surface area contributed by atoms with Crippen molar-refractivity contribution in [3.05, 3.63) is 45.4 Å². The summed E-state index contributed by atoms with van der Waals surface area (Å²) in [4.78, 5) is 77.0. The number of hydrazine groups is 1. The van der Waals surface area contributed by atoms with Crippen molar-refractivity contribution in [3.8, 4) is 5.75 Å². The smallest absolute Gasteiger partial charge is 0.426 e. The summed E-state index contributed by atoms with van der Waals surface area (Å²) in [6.45, 7) is 15.7. The number of rotatable bonds is 26. The average Bonchev–Trinajstić information content (AvgIpc) is 3.80. The van der Waals surface area contributed by atoms with Crippen LogP contribution < -0.4 is 27.2 Å². The number of nitrogens with zero attached hydrogens (tertiary/aromatic N) is 3. The number of carbonyl (C=O) groups excluding carboxylic acids is 5. The molecule has 1 aliphatic carbocycles. The fourth-order valence-corrected chi connectivity index (χ4v) is 9.38. The Labute approximate surface area is 394 Å². The Morgan fingerprint density at radius 1 is 0.970 bits per heavy atom. The highest BCUT2D eigenvalue weighted by Gasteiger charge is 2.39. The number of aromatic hydroxyl groups is 1. The number of hydrogen-bond donors (Lipinski definition) is 6. The number of nitrogens with one attached hydrogen (secondary N) is 4. The number of hydrogen-bond acceptors (Lipinski definition) is 14. The number of aromatic nitrogens is 1. The lowest BCUT2D eigenvalue weighted by atomic mass is 9.79. The van der Waals surface area contributed by atoms with Crippen LogP contribution in [0.3, 0.4) is 0 Å². The molecule has 370 valence electrons. The molecule has 1 aliphatic heterocycles. The Morgan fingerprint density at radius 2 is 1.71 bits per heavy atom. The Hall–Kier alpha value is -4.40. The molecule has 0 spiro atoms. The standard InChI is InChI=1S/C47H76N8O10S/c1-8-17-55(46(60)41(31(6)10-3)51-44(59)38-13-11-12-18-54(38)7)39(30(4)5)28-40(64-19-9-2)45-50-37(29-66-45)43(58)49-33-25-32-14-15-34(56)27-35(32)36(26-33)42(57)52-53-47(61)65-24-23-63-22-21-62-20-16-48/h14-15,27,29-31,33,36,38-41,56H,8-13,16-26,28,48H2,1-7H3,(H,49,58)(H,51,59)(H,52,57)(H,53,61)/t31-,33?,36+,38+,39+,40+,41-/m0/s1. The maximum Gasteiger partial charge on any atom is 0.426 e. The predicted octanol–water partition coefficient (Wildman–Crippen LogP) is 4.56. The van der Waals surface area contributed by atoms with Crippen molar-refractivity contribution in [3.63, 3.8) is 0 Å². The number of thiazole rings is 1. The topological polar surface area (TPSA) is 236 Å². The van der Waals surface area contributed by atoms with Gasteiger partial charge in [-0.2, -0.15) is 0 Å². The molecule has 1 fully saturated rings. The van der Waals surface area contributed by atoms with Crippen molar-refractivity contribution in [2.75, 3.05) is 66.3 Å². The van der Waals surface area contributed by atoms with Crippen LogP contribution in [0.25, 0.3) is 0 Å². The zero-order valence-corrected chi connectivity index (χ0v) is 40.9. The fourth-order valence-electron chi connectivity index (χ4n) is 8.52. The molecular weight excluding hydrogens is 869 g/mol. The molecule has 1 saturated heterocycles. The fraction of sp³-hybridized carbons (Fsp3) is 0.702. The lowest BCUT2D eigenvalue weighted by Crippen LogP contribution is -2.58. The van der Waals surface area contributed by atoms with Gasteiger partial charge in [0.05, 0.1) is 38.4 Å². The van der Waals surface area contributed by atoms with Crippen LogP contribution in [-0.2, 0) is 39.8 Å². The molecule has 0 saturated carbocycles. The first kappa shape index (κ1) is 54.2. The molecular formula is C47H76N8O10S. The minimum atomic E-state index is -0.880. The van der Waals surface area contributed by atoms with Crippen LogP contribution in [0.1, 0.15) is 132 Å². The van der Waals surface area contributed by atoms with Crippen LogP contribution in [0.5, 0.6) is 5.75 Å².